The number of benzene rings is 1. The van der Waals surface area contributed by atoms with Crippen LogP contribution < -0.4 is 20.1 Å². The van der Waals surface area contributed by atoms with Gasteiger partial charge in [0.2, 0.25) is 0 Å². The van der Waals surface area contributed by atoms with Crippen molar-refractivity contribution in [1.82, 2.24) is 25.2 Å². The van der Waals surface area contributed by atoms with E-state index in [9.17, 15) is 4.79 Å². The Morgan fingerprint density at radius 1 is 1.06 bits per heavy atom. The molecule has 1 aliphatic carbocycles. The number of nitrogens with zero attached hydrogens (tertiary/aromatic N) is 3. The number of carbonyl (C=O) groups is 1. The molecule has 1 atom stereocenters. The zero-order chi connectivity index (χ0) is 24.8. The molecule has 4 rings (SSSR count). The quantitative estimate of drug-likeness (QED) is 0.454. The summed E-state index contributed by atoms with van der Waals surface area (Å²) in [4.78, 5) is 13.1. The molecule has 0 aliphatic heterocycles. The van der Waals surface area contributed by atoms with Gasteiger partial charge in [-0.25, -0.2) is 4.79 Å². The molecule has 2 amide bonds. The Balaban J connectivity index is 1.46. The van der Waals surface area contributed by atoms with E-state index in [0.29, 0.717) is 18.0 Å². The first-order chi connectivity index (χ1) is 16.9. The van der Waals surface area contributed by atoms with Crippen LogP contribution in [0, 0.1) is 11.3 Å². The maximum atomic E-state index is 13.1. The molecule has 8 heteroatoms. The summed E-state index contributed by atoms with van der Waals surface area (Å²) in [5.74, 6) is 2.47. The first-order valence-electron chi connectivity index (χ1n) is 12.5. The van der Waals surface area contributed by atoms with Crippen molar-refractivity contribution in [2.75, 3.05) is 20.8 Å². The van der Waals surface area contributed by atoms with Crippen LogP contribution in [0.1, 0.15) is 63.4 Å². The Labute approximate surface area is 207 Å². The summed E-state index contributed by atoms with van der Waals surface area (Å²) in [7, 11) is 3.24. The molecule has 0 radical (unpaired) electrons. The van der Waals surface area contributed by atoms with Crippen LogP contribution in [-0.2, 0) is 6.42 Å². The molecule has 2 heterocycles. The van der Waals surface area contributed by atoms with Crippen LogP contribution in [0.4, 0.5) is 4.79 Å². The third-order valence-electron chi connectivity index (χ3n) is 7.18. The topological polar surface area (TPSA) is 89.8 Å². The summed E-state index contributed by atoms with van der Waals surface area (Å²) >= 11 is 0. The Morgan fingerprint density at radius 3 is 2.54 bits per heavy atom. The lowest BCUT2D eigenvalue weighted by atomic mass is 9.71. The van der Waals surface area contributed by atoms with Crippen LogP contribution in [-0.4, -0.2) is 41.4 Å². The van der Waals surface area contributed by atoms with Gasteiger partial charge in [0.05, 0.1) is 20.3 Å². The molecule has 1 saturated carbocycles. The van der Waals surface area contributed by atoms with Crippen LogP contribution in [0.3, 0.4) is 0 Å². The fourth-order valence-corrected chi connectivity index (χ4v) is 5.21. The number of hydrogen-bond acceptors (Lipinski definition) is 5. The van der Waals surface area contributed by atoms with E-state index in [4.69, 9.17) is 9.47 Å². The number of urea groups is 1. The first kappa shape index (κ1) is 24.8. The van der Waals surface area contributed by atoms with Crippen LogP contribution in [0.25, 0.3) is 5.65 Å². The average Bonchev–Trinajstić information content (AvgIpc) is 3.28. The third-order valence-corrected chi connectivity index (χ3v) is 7.18. The largest absolute Gasteiger partial charge is 0.493 e. The van der Waals surface area contributed by atoms with E-state index in [1.54, 1.807) is 14.2 Å². The Morgan fingerprint density at radius 2 is 1.83 bits per heavy atom. The highest BCUT2D eigenvalue weighted by Crippen LogP contribution is 2.39. The molecule has 188 valence electrons. The molecule has 1 fully saturated rings. The number of pyridine rings is 1. The molecular formula is C27H37N5O3. The highest BCUT2D eigenvalue weighted by Gasteiger charge is 2.34. The van der Waals surface area contributed by atoms with Gasteiger partial charge in [0.1, 0.15) is 5.82 Å². The molecule has 0 spiro atoms. The summed E-state index contributed by atoms with van der Waals surface area (Å²) in [6.07, 6.45) is 8.51. The molecule has 0 saturated heterocycles. The lowest BCUT2D eigenvalue weighted by Gasteiger charge is -2.37. The minimum Gasteiger partial charge on any atom is -0.493 e. The van der Waals surface area contributed by atoms with E-state index in [0.717, 1.165) is 36.3 Å². The SMILES string of the molecule is COc1ccc(C(NC(=O)NCC2(Cc3nnc4ccccn34)CCCCC2)C(C)C)cc1OC. The molecule has 35 heavy (non-hydrogen) atoms. The Kier molecular flexibility index (Phi) is 7.78. The van der Waals surface area contributed by atoms with Crippen molar-refractivity contribution >= 4 is 11.7 Å². The number of amides is 2. The summed E-state index contributed by atoms with van der Waals surface area (Å²) < 4.78 is 12.9. The van der Waals surface area contributed by atoms with E-state index in [1.165, 1.54) is 19.3 Å². The number of ether oxygens (including phenoxy) is 2. The average molecular weight is 480 g/mol. The zero-order valence-electron chi connectivity index (χ0n) is 21.2. The predicted molar refractivity (Wildman–Crippen MR) is 136 cm³/mol. The fraction of sp³-hybridized carbons (Fsp3) is 0.519. The van der Waals surface area contributed by atoms with Crippen molar-refractivity contribution in [3.8, 4) is 11.5 Å². The van der Waals surface area contributed by atoms with Crippen LogP contribution in [0.2, 0.25) is 0 Å². The van der Waals surface area contributed by atoms with Gasteiger partial charge in [-0.1, -0.05) is 45.2 Å². The molecule has 1 unspecified atom stereocenters. The first-order valence-corrected chi connectivity index (χ1v) is 12.5. The van der Waals surface area contributed by atoms with E-state index in [1.807, 2.05) is 42.6 Å². The number of rotatable bonds is 9. The predicted octanol–water partition coefficient (Wildman–Crippen LogP) is 4.94. The molecular weight excluding hydrogens is 442 g/mol. The van der Waals surface area contributed by atoms with E-state index < -0.39 is 0 Å². The standard InChI is InChI=1S/C27H37N5O3/c1-19(2)25(20-11-12-21(34-3)22(16-20)35-4)29-26(33)28-18-27(13-7-5-8-14-27)17-24-31-30-23-10-6-9-15-32(23)24/h6,9-12,15-16,19,25H,5,7-8,13-14,17-18H2,1-4H3,(H2,28,29,33). The van der Waals surface area contributed by atoms with Crippen LogP contribution >= 0.6 is 0 Å². The summed E-state index contributed by atoms with van der Waals surface area (Å²) in [5.41, 5.74) is 1.81. The van der Waals surface area contributed by atoms with Gasteiger partial charge in [-0.3, -0.25) is 4.40 Å². The zero-order valence-corrected chi connectivity index (χ0v) is 21.2. The Hall–Kier alpha value is -3.29. The highest BCUT2D eigenvalue weighted by molar-refractivity contribution is 5.74. The van der Waals surface area contributed by atoms with Crippen molar-refractivity contribution in [2.24, 2.45) is 11.3 Å². The Bertz CT molecular complexity index is 1140. The molecule has 0 bridgehead atoms. The number of nitrogens with one attached hydrogen (secondary N) is 2. The van der Waals surface area contributed by atoms with Crippen LogP contribution in [0.15, 0.2) is 42.6 Å². The van der Waals surface area contributed by atoms with Gasteiger partial charge in [-0.05, 0) is 54.0 Å². The van der Waals surface area contributed by atoms with Gasteiger partial charge in [-0.2, -0.15) is 0 Å². The van der Waals surface area contributed by atoms with Crippen LogP contribution in [0.5, 0.6) is 11.5 Å². The summed E-state index contributed by atoms with van der Waals surface area (Å²) in [6, 6.07) is 11.4. The van der Waals surface area contributed by atoms with Gasteiger partial charge in [-0.15, -0.1) is 10.2 Å². The molecule has 1 aromatic carbocycles. The van der Waals surface area contributed by atoms with Gasteiger partial charge >= 0.3 is 6.03 Å². The van der Waals surface area contributed by atoms with E-state index in [-0.39, 0.29) is 23.4 Å². The van der Waals surface area contributed by atoms with Gasteiger partial charge < -0.3 is 20.1 Å². The summed E-state index contributed by atoms with van der Waals surface area (Å²) in [5, 5.41) is 15.2. The number of fused-ring (bicyclic) bond motifs is 1. The van der Waals surface area contributed by atoms with Crippen molar-refractivity contribution in [1.29, 1.82) is 0 Å². The summed E-state index contributed by atoms with van der Waals surface area (Å²) in [6.45, 7) is 4.80. The maximum absolute atomic E-state index is 13.1. The van der Waals surface area contributed by atoms with Gasteiger partial charge in [0.25, 0.3) is 0 Å². The number of aromatic nitrogens is 3. The smallest absolute Gasteiger partial charge is 0.315 e. The molecule has 1 aliphatic rings. The lowest BCUT2D eigenvalue weighted by Crippen LogP contribution is -2.46. The van der Waals surface area contributed by atoms with Crippen molar-refractivity contribution < 1.29 is 14.3 Å². The molecule has 2 aromatic heterocycles. The molecule has 3 aromatic rings. The normalized spacial score (nSPS) is 16.1. The lowest BCUT2D eigenvalue weighted by molar-refractivity contribution is 0.173. The minimum absolute atomic E-state index is 0.0228. The van der Waals surface area contributed by atoms with Crippen molar-refractivity contribution in [3.63, 3.8) is 0 Å². The second-order valence-electron chi connectivity index (χ2n) is 9.95. The van der Waals surface area contributed by atoms with E-state index >= 15 is 0 Å². The second-order valence-corrected chi connectivity index (χ2v) is 9.95. The van der Waals surface area contributed by atoms with Crippen molar-refractivity contribution in [2.45, 2.75) is 58.4 Å². The minimum atomic E-state index is -0.158. The molecule has 8 nitrogen and oxygen atoms in total. The molecule has 2 N–H and O–H groups in total. The second kappa shape index (κ2) is 11.0. The van der Waals surface area contributed by atoms with Gasteiger partial charge in [0, 0.05) is 19.2 Å². The monoisotopic (exact) mass is 479 g/mol. The number of carbonyl (C=O) groups excluding carboxylic acids is 1. The van der Waals surface area contributed by atoms with Crippen molar-refractivity contribution in [3.05, 3.63) is 54.0 Å². The maximum Gasteiger partial charge on any atom is 0.315 e. The fourth-order valence-electron chi connectivity index (χ4n) is 5.21. The number of methoxy groups -OCH3 is 2. The third kappa shape index (κ3) is 5.69. The number of hydrogen-bond donors (Lipinski definition) is 2. The van der Waals surface area contributed by atoms with E-state index in [2.05, 4.69) is 39.1 Å². The highest BCUT2D eigenvalue weighted by atomic mass is 16.5. The van der Waals surface area contributed by atoms with Gasteiger partial charge in [0.15, 0.2) is 17.1 Å².